The molecule has 1 saturated carbocycles. The van der Waals surface area contributed by atoms with Gasteiger partial charge in [0.25, 0.3) is 0 Å². The van der Waals surface area contributed by atoms with Crippen LogP contribution < -0.4 is 0 Å². The van der Waals surface area contributed by atoms with Gasteiger partial charge >= 0.3 is 0 Å². The molecule has 96 valence electrons. The number of nitrogens with zero attached hydrogens (tertiary/aromatic N) is 1. The molecule has 1 aromatic heterocycles. The number of imidazole rings is 1. The zero-order chi connectivity index (χ0) is 12.9. The van der Waals surface area contributed by atoms with Crippen molar-refractivity contribution in [2.24, 2.45) is 5.92 Å². The molecule has 5 heteroatoms. The molecular formula is C13H14Cl2N2S. The predicted molar refractivity (Wildman–Crippen MR) is 79.2 cm³/mol. The van der Waals surface area contributed by atoms with Crippen molar-refractivity contribution in [2.75, 3.05) is 0 Å². The number of aromatic nitrogens is 2. The van der Waals surface area contributed by atoms with Gasteiger partial charge in [-0.15, -0.1) is 0 Å². The van der Waals surface area contributed by atoms with E-state index >= 15 is 0 Å². The molecule has 1 N–H and O–H groups in total. The molecular weight excluding hydrogens is 287 g/mol. The molecule has 1 aromatic carbocycles. The van der Waals surface area contributed by atoms with E-state index in [0.717, 1.165) is 21.7 Å². The Morgan fingerprint density at radius 3 is 2.67 bits per heavy atom. The number of nitrogens with one attached hydrogen (secondary N) is 1. The fourth-order valence-corrected chi connectivity index (χ4v) is 3.57. The van der Waals surface area contributed by atoms with Crippen LogP contribution in [0.15, 0.2) is 12.1 Å². The first-order valence-electron chi connectivity index (χ1n) is 6.15. The number of hydrogen-bond acceptors (Lipinski definition) is 1. The van der Waals surface area contributed by atoms with E-state index in [-0.39, 0.29) is 0 Å². The largest absolute Gasteiger partial charge is 0.331 e. The maximum atomic E-state index is 6.11. The Morgan fingerprint density at radius 1 is 1.28 bits per heavy atom. The van der Waals surface area contributed by atoms with E-state index in [1.54, 1.807) is 0 Å². The summed E-state index contributed by atoms with van der Waals surface area (Å²) < 4.78 is 2.97. The summed E-state index contributed by atoms with van der Waals surface area (Å²) >= 11 is 17.6. The highest BCUT2D eigenvalue weighted by Gasteiger charge is 2.25. The van der Waals surface area contributed by atoms with Crippen molar-refractivity contribution in [2.45, 2.75) is 32.2 Å². The molecule has 3 rings (SSSR count). The highest BCUT2D eigenvalue weighted by Crippen LogP contribution is 2.37. The molecule has 1 fully saturated rings. The minimum absolute atomic E-state index is 0.485. The third kappa shape index (κ3) is 1.98. The molecule has 18 heavy (non-hydrogen) atoms. The lowest BCUT2D eigenvalue weighted by Crippen LogP contribution is -2.05. The van der Waals surface area contributed by atoms with Crippen molar-refractivity contribution in [1.82, 2.24) is 9.55 Å². The molecule has 2 unspecified atom stereocenters. The second-order valence-electron chi connectivity index (χ2n) is 5.16. The molecule has 0 saturated heterocycles. The van der Waals surface area contributed by atoms with Gasteiger partial charge in [0.05, 0.1) is 21.1 Å². The maximum absolute atomic E-state index is 6.11. The Bertz CT molecular complexity index is 659. The van der Waals surface area contributed by atoms with E-state index in [1.165, 1.54) is 19.3 Å². The van der Waals surface area contributed by atoms with Crippen LogP contribution >= 0.6 is 35.4 Å². The van der Waals surface area contributed by atoms with Gasteiger partial charge in [0.1, 0.15) is 0 Å². The highest BCUT2D eigenvalue weighted by atomic mass is 35.5. The summed E-state index contributed by atoms with van der Waals surface area (Å²) in [5, 5.41) is 1.14. The number of rotatable bonds is 1. The minimum atomic E-state index is 0.485. The van der Waals surface area contributed by atoms with E-state index in [0.29, 0.717) is 16.1 Å². The summed E-state index contributed by atoms with van der Waals surface area (Å²) in [6, 6.07) is 4.25. The molecule has 1 aliphatic carbocycles. The van der Waals surface area contributed by atoms with E-state index in [2.05, 4.69) is 16.5 Å². The summed E-state index contributed by atoms with van der Waals surface area (Å²) in [5.41, 5.74) is 2.03. The van der Waals surface area contributed by atoms with Gasteiger partial charge in [0.2, 0.25) is 0 Å². The average Bonchev–Trinajstić information content (AvgIpc) is 2.83. The lowest BCUT2D eigenvalue weighted by atomic mass is 10.1. The second-order valence-corrected chi connectivity index (χ2v) is 6.36. The van der Waals surface area contributed by atoms with Gasteiger partial charge in [-0.1, -0.05) is 30.1 Å². The van der Waals surface area contributed by atoms with E-state index in [1.807, 2.05) is 12.1 Å². The van der Waals surface area contributed by atoms with E-state index < -0.39 is 0 Å². The topological polar surface area (TPSA) is 20.7 Å². The number of aromatic amines is 1. The standard InChI is InChI=1S/C13H14Cl2N2S/c1-7-2-3-8(4-7)17-12-6-10(15)9(14)5-11(12)16-13(17)18/h5-8H,2-4H2,1H3,(H,16,18). The van der Waals surface area contributed by atoms with Crippen LogP contribution in [0.5, 0.6) is 0 Å². The Kier molecular flexibility index (Phi) is 3.16. The monoisotopic (exact) mass is 300 g/mol. The summed E-state index contributed by atoms with van der Waals surface area (Å²) in [6.07, 6.45) is 3.63. The molecule has 0 radical (unpaired) electrons. The molecule has 2 atom stereocenters. The molecule has 0 aliphatic heterocycles. The van der Waals surface area contributed by atoms with Crippen molar-refractivity contribution in [1.29, 1.82) is 0 Å². The quantitative estimate of drug-likeness (QED) is 0.702. The zero-order valence-electron chi connectivity index (χ0n) is 10.0. The highest BCUT2D eigenvalue weighted by molar-refractivity contribution is 7.71. The van der Waals surface area contributed by atoms with Crippen LogP contribution in [0.25, 0.3) is 11.0 Å². The smallest absolute Gasteiger partial charge is 0.178 e. The lowest BCUT2D eigenvalue weighted by Gasteiger charge is -2.13. The second kappa shape index (κ2) is 4.55. The first-order chi connectivity index (χ1) is 8.56. The van der Waals surface area contributed by atoms with Gasteiger partial charge in [-0.25, -0.2) is 0 Å². The zero-order valence-corrected chi connectivity index (χ0v) is 12.4. The molecule has 0 bridgehead atoms. The Balaban J connectivity index is 2.19. The Morgan fingerprint density at radius 2 is 2.00 bits per heavy atom. The van der Waals surface area contributed by atoms with Crippen LogP contribution in [0, 0.1) is 10.7 Å². The van der Waals surface area contributed by atoms with Gasteiger partial charge < -0.3 is 9.55 Å². The molecule has 2 aromatic rings. The van der Waals surface area contributed by atoms with Gasteiger partial charge in [-0.3, -0.25) is 0 Å². The van der Waals surface area contributed by atoms with Gasteiger partial charge in [-0.05, 0) is 49.5 Å². The first-order valence-corrected chi connectivity index (χ1v) is 7.32. The fourth-order valence-electron chi connectivity index (χ4n) is 2.89. The van der Waals surface area contributed by atoms with Crippen molar-refractivity contribution >= 4 is 46.5 Å². The summed E-state index contributed by atoms with van der Waals surface area (Å²) in [6.45, 7) is 2.29. The van der Waals surface area contributed by atoms with Crippen LogP contribution in [0.3, 0.4) is 0 Å². The molecule has 1 heterocycles. The number of fused-ring (bicyclic) bond motifs is 1. The summed E-state index contributed by atoms with van der Waals surface area (Å²) in [5.74, 6) is 0.768. The molecule has 0 spiro atoms. The number of hydrogen-bond donors (Lipinski definition) is 1. The maximum Gasteiger partial charge on any atom is 0.178 e. The fraction of sp³-hybridized carbons (Fsp3) is 0.462. The van der Waals surface area contributed by atoms with Crippen LogP contribution in [-0.2, 0) is 0 Å². The predicted octanol–water partition coefficient (Wildman–Crippen LogP) is 5.37. The number of H-pyrrole nitrogens is 1. The molecule has 0 amide bonds. The average molecular weight is 301 g/mol. The minimum Gasteiger partial charge on any atom is -0.331 e. The Hall–Kier alpha value is -0.510. The van der Waals surface area contributed by atoms with E-state index in [4.69, 9.17) is 35.4 Å². The van der Waals surface area contributed by atoms with Gasteiger partial charge in [0, 0.05) is 6.04 Å². The number of halogens is 2. The third-order valence-electron chi connectivity index (χ3n) is 3.79. The van der Waals surface area contributed by atoms with E-state index in [9.17, 15) is 0 Å². The third-order valence-corrected chi connectivity index (χ3v) is 4.81. The molecule has 2 nitrogen and oxygen atoms in total. The van der Waals surface area contributed by atoms with Crippen LogP contribution in [-0.4, -0.2) is 9.55 Å². The van der Waals surface area contributed by atoms with Crippen molar-refractivity contribution in [3.05, 3.63) is 26.9 Å². The Labute approximate surface area is 121 Å². The number of benzene rings is 1. The van der Waals surface area contributed by atoms with Crippen molar-refractivity contribution < 1.29 is 0 Å². The molecule has 1 aliphatic rings. The summed E-state index contributed by atoms with van der Waals surface area (Å²) in [7, 11) is 0. The van der Waals surface area contributed by atoms with Crippen LogP contribution in [0.2, 0.25) is 10.0 Å². The van der Waals surface area contributed by atoms with Crippen LogP contribution in [0.1, 0.15) is 32.2 Å². The SMILES string of the molecule is CC1CCC(n2c(=S)[nH]c3cc(Cl)c(Cl)cc32)C1. The first kappa shape index (κ1) is 12.5. The van der Waals surface area contributed by atoms with Crippen molar-refractivity contribution in [3.8, 4) is 0 Å². The summed E-state index contributed by atoms with van der Waals surface area (Å²) in [4.78, 5) is 3.22. The van der Waals surface area contributed by atoms with Gasteiger partial charge in [0.15, 0.2) is 4.77 Å². The van der Waals surface area contributed by atoms with Crippen molar-refractivity contribution in [3.63, 3.8) is 0 Å². The normalized spacial score (nSPS) is 23.9. The van der Waals surface area contributed by atoms with Gasteiger partial charge in [-0.2, -0.15) is 0 Å². The lowest BCUT2D eigenvalue weighted by molar-refractivity contribution is 0.500. The van der Waals surface area contributed by atoms with Crippen LogP contribution in [0.4, 0.5) is 0 Å².